The van der Waals surface area contributed by atoms with E-state index in [0.717, 1.165) is 57.8 Å². The molecule has 0 aliphatic heterocycles. The average molecular weight is 889 g/mol. The lowest BCUT2D eigenvalue weighted by Gasteiger charge is -2.24. The first-order valence-corrected chi connectivity index (χ1v) is 28.1. The minimum Gasteiger partial charge on any atom is -0.462 e. The summed E-state index contributed by atoms with van der Waals surface area (Å²) in [5, 5.41) is 23.8. The molecule has 0 rings (SSSR count). The van der Waals surface area contributed by atoms with Crippen molar-refractivity contribution in [2.24, 2.45) is 0 Å². The van der Waals surface area contributed by atoms with Crippen LogP contribution in [0, 0.1) is 0 Å². The lowest BCUT2D eigenvalue weighted by molar-refractivity contribution is -0.151. The van der Waals surface area contributed by atoms with Gasteiger partial charge in [0.1, 0.15) is 6.10 Å². The van der Waals surface area contributed by atoms with Crippen molar-refractivity contribution < 1.29 is 24.5 Å². The summed E-state index contributed by atoms with van der Waals surface area (Å²) in [5.74, 6) is -0.468. The van der Waals surface area contributed by atoms with Crippen LogP contribution in [0.15, 0.2) is 24.3 Å². The maximum atomic E-state index is 13.2. The van der Waals surface area contributed by atoms with E-state index in [1.165, 1.54) is 199 Å². The summed E-state index contributed by atoms with van der Waals surface area (Å²) < 4.78 is 5.96. The van der Waals surface area contributed by atoms with Crippen LogP contribution in [0.1, 0.15) is 303 Å². The summed E-state index contributed by atoms with van der Waals surface area (Å²) in [6, 6.07) is -0.699. The Balaban J connectivity index is 4.54. The number of aliphatic hydroxyl groups is 2. The Morgan fingerprint density at radius 3 is 1.13 bits per heavy atom. The number of hydrogen-bond acceptors (Lipinski definition) is 5. The molecule has 0 aliphatic rings. The lowest BCUT2D eigenvalue weighted by atomic mass is 10.0. The normalized spacial score (nSPS) is 13.3. The summed E-state index contributed by atoms with van der Waals surface area (Å²) in [6.07, 6.45) is 59.6. The van der Waals surface area contributed by atoms with E-state index in [-0.39, 0.29) is 24.9 Å². The molecule has 0 spiro atoms. The summed E-state index contributed by atoms with van der Waals surface area (Å²) in [4.78, 5) is 26.2. The molecule has 0 bridgehead atoms. The van der Waals surface area contributed by atoms with E-state index in [4.69, 9.17) is 4.74 Å². The number of unbranched alkanes of at least 4 members (excludes halogenated alkanes) is 35. The maximum absolute atomic E-state index is 13.2. The smallest absolute Gasteiger partial charge is 0.306 e. The number of allylic oxidation sites excluding steroid dienone is 4. The Hall–Kier alpha value is -1.66. The Kier molecular flexibility index (Phi) is 50.0. The van der Waals surface area contributed by atoms with Gasteiger partial charge in [0.25, 0.3) is 0 Å². The highest BCUT2D eigenvalue weighted by molar-refractivity contribution is 5.77. The van der Waals surface area contributed by atoms with Gasteiger partial charge >= 0.3 is 5.97 Å². The molecule has 0 fully saturated rings. The van der Waals surface area contributed by atoms with E-state index in [1.807, 2.05) is 0 Å². The van der Waals surface area contributed by atoms with Gasteiger partial charge in [-0.15, -0.1) is 0 Å². The predicted octanol–water partition coefficient (Wildman–Crippen LogP) is 17.1. The van der Waals surface area contributed by atoms with Crippen molar-refractivity contribution in [2.45, 2.75) is 322 Å². The van der Waals surface area contributed by atoms with Gasteiger partial charge in [-0.1, -0.05) is 238 Å². The maximum Gasteiger partial charge on any atom is 0.306 e. The van der Waals surface area contributed by atoms with E-state index in [9.17, 15) is 19.8 Å². The molecule has 0 aromatic carbocycles. The third-order valence-corrected chi connectivity index (χ3v) is 13.0. The lowest BCUT2D eigenvalue weighted by Crippen LogP contribution is -2.46. The standard InChI is InChI=1S/C57H109NO5/c1-4-7-10-13-16-19-22-24-26-28-30-32-34-36-39-42-45-48-53(51-56(61)58-54(52-59)55(60)49-46-43-40-37-21-18-15-12-9-6-3)63-57(62)50-47-44-41-38-35-33-31-29-27-25-23-20-17-14-11-8-5-2/h24-27,53-55,59-60H,4-23,28-52H2,1-3H3,(H,58,61)/b26-24+,27-25+. The zero-order chi connectivity index (χ0) is 45.9. The molecule has 3 N–H and O–H groups in total. The molecule has 372 valence electrons. The molecule has 0 aliphatic carbocycles. The number of carbonyl (C=O) groups excluding carboxylic acids is 2. The quantitative estimate of drug-likeness (QED) is 0.0321. The SMILES string of the molecule is CCCCCCCC/C=C/CCCCCCCCCC(=O)OC(CCCCCCCCC/C=C/CCCCCCCC)CC(=O)NC(CO)C(O)CCCCCCCCCCCC. The third-order valence-electron chi connectivity index (χ3n) is 13.0. The fraction of sp³-hybridized carbons (Fsp3) is 0.895. The van der Waals surface area contributed by atoms with E-state index >= 15 is 0 Å². The van der Waals surface area contributed by atoms with E-state index in [1.54, 1.807) is 0 Å². The van der Waals surface area contributed by atoms with Crippen LogP contribution >= 0.6 is 0 Å². The van der Waals surface area contributed by atoms with E-state index < -0.39 is 18.2 Å². The monoisotopic (exact) mass is 888 g/mol. The fourth-order valence-electron chi connectivity index (χ4n) is 8.72. The molecule has 3 unspecified atom stereocenters. The number of hydrogen-bond donors (Lipinski definition) is 3. The number of rotatable bonds is 51. The van der Waals surface area contributed by atoms with Gasteiger partial charge in [-0.2, -0.15) is 0 Å². The minimum atomic E-state index is -0.785. The minimum absolute atomic E-state index is 0.0772. The van der Waals surface area contributed by atoms with Crippen LogP contribution in [0.2, 0.25) is 0 Å². The van der Waals surface area contributed by atoms with Gasteiger partial charge in [-0.3, -0.25) is 9.59 Å². The molecule has 6 heteroatoms. The highest BCUT2D eigenvalue weighted by atomic mass is 16.5. The van der Waals surface area contributed by atoms with Crippen LogP contribution in [0.25, 0.3) is 0 Å². The van der Waals surface area contributed by atoms with Crippen LogP contribution in [0.3, 0.4) is 0 Å². The van der Waals surface area contributed by atoms with Crippen molar-refractivity contribution >= 4 is 11.9 Å². The van der Waals surface area contributed by atoms with Crippen molar-refractivity contribution in [1.82, 2.24) is 5.32 Å². The Morgan fingerprint density at radius 1 is 0.444 bits per heavy atom. The highest BCUT2D eigenvalue weighted by Gasteiger charge is 2.24. The highest BCUT2D eigenvalue weighted by Crippen LogP contribution is 2.18. The van der Waals surface area contributed by atoms with Gasteiger partial charge in [0, 0.05) is 6.42 Å². The second kappa shape index (κ2) is 51.3. The van der Waals surface area contributed by atoms with Crippen LogP contribution in [0.4, 0.5) is 0 Å². The molecule has 6 nitrogen and oxygen atoms in total. The van der Waals surface area contributed by atoms with Crippen LogP contribution in [-0.2, 0) is 14.3 Å². The number of carbonyl (C=O) groups is 2. The Morgan fingerprint density at radius 2 is 0.762 bits per heavy atom. The van der Waals surface area contributed by atoms with Gasteiger partial charge in [-0.05, 0) is 77.0 Å². The average Bonchev–Trinajstić information content (AvgIpc) is 3.28. The molecule has 0 aromatic heterocycles. The fourth-order valence-corrected chi connectivity index (χ4v) is 8.72. The van der Waals surface area contributed by atoms with Gasteiger partial charge < -0.3 is 20.3 Å². The summed E-state index contributed by atoms with van der Waals surface area (Å²) >= 11 is 0. The summed E-state index contributed by atoms with van der Waals surface area (Å²) in [6.45, 7) is 6.49. The summed E-state index contributed by atoms with van der Waals surface area (Å²) in [5.41, 5.74) is 0. The first-order chi connectivity index (χ1) is 31.0. The molecule has 1 amide bonds. The van der Waals surface area contributed by atoms with E-state index in [0.29, 0.717) is 19.3 Å². The van der Waals surface area contributed by atoms with Gasteiger partial charge in [-0.25, -0.2) is 0 Å². The third kappa shape index (κ3) is 46.7. The van der Waals surface area contributed by atoms with Crippen molar-refractivity contribution in [1.29, 1.82) is 0 Å². The summed E-state index contributed by atoms with van der Waals surface area (Å²) in [7, 11) is 0. The number of esters is 1. The first-order valence-electron chi connectivity index (χ1n) is 28.1. The van der Waals surface area contributed by atoms with Crippen LogP contribution in [-0.4, -0.2) is 46.9 Å². The second-order valence-electron chi connectivity index (χ2n) is 19.3. The Labute approximate surface area is 392 Å². The van der Waals surface area contributed by atoms with Crippen LogP contribution in [0.5, 0.6) is 0 Å². The molecule has 0 heterocycles. The molecule has 63 heavy (non-hydrogen) atoms. The zero-order valence-electron chi connectivity index (χ0n) is 42.5. The molecule has 0 saturated carbocycles. The van der Waals surface area contributed by atoms with Crippen LogP contribution < -0.4 is 5.32 Å². The predicted molar refractivity (Wildman–Crippen MR) is 273 cm³/mol. The van der Waals surface area contributed by atoms with Crippen molar-refractivity contribution in [3.05, 3.63) is 24.3 Å². The number of nitrogens with one attached hydrogen (secondary N) is 1. The topological polar surface area (TPSA) is 95.9 Å². The van der Waals surface area contributed by atoms with Gasteiger partial charge in [0.2, 0.25) is 5.91 Å². The number of ether oxygens (including phenoxy) is 1. The molecule has 0 aromatic rings. The first kappa shape index (κ1) is 61.3. The zero-order valence-corrected chi connectivity index (χ0v) is 42.5. The largest absolute Gasteiger partial charge is 0.462 e. The number of aliphatic hydroxyl groups excluding tert-OH is 2. The number of amides is 1. The van der Waals surface area contributed by atoms with Gasteiger partial charge in [0.15, 0.2) is 0 Å². The van der Waals surface area contributed by atoms with Gasteiger partial charge in [0.05, 0.1) is 25.2 Å². The molecular formula is C57H109NO5. The second-order valence-corrected chi connectivity index (χ2v) is 19.3. The van der Waals surface area contributed by atoms with Crippen molar-refractivity contribution in [3.8, 4) is 0 Å². The molecule has 3 atom stereocenters. The van der Waals surface area contributed by atoms with Crippen molar-refractivity contribution in [2.75, 3.05) is 6.61 Å². The molecular weight excluding hydrogens is 779 g/mol. The molecule has 0 radical (unpaired) electrons. The van der Waals surface area contributed by atoms with E-state index in [2.05, 4.69) is 50.4 Å². The molecule has 0 saturated heterocycles. The Bertz CT molecular complexity index is 997. The van der Waals surface area contributed by atoms with Crippen molar-refractivity contribution in [3.63, 3.8) is 0 Å².